The van der Waals surface area contributed by atoms with Crippen molar-refractivity contribution in [2.24, 2.45) is 0 Å². The molecule has 0 atom stereocenters. The van der Waals surface area contributed by atoms with Crippen LogP contribution in [0.5, 0.6) is 11.5 Å². The lowest BCUT2D eigenvalue weighted by Gasteiger charge is -2.13. The van der Waals surface area contributed by atoms with Gasteiger partial charge in [0.05, 0.1) is 25.3 Å². The first kappa shape index (κ1) is 15.2. The summed E-state index contributed by atoms with van der Waals surface area (Å²) in [6.07, 6.45) is 3.57. The molecule has 0 saturated carbocycles. The Morgan fingerprint density at radius 3 is 2.44 bits per heavy atom. The van der Waals surface area contributed by atoms with Crippen molar-refractivity contribution < 1.29 is 9.47 Å². The van der Waals surface area contributed by atoms with Gasteiger partial charge in [0.1, 0.15) is 0 Å². The van der Waals surface area contributed by atoms with Crippen LogP contribution < -0.4 is 14.8 Å². The quantitative estimate of drug-likeness (QED) is 0.595. The van der Waals surface area contributed by atoms with E-state index in [2.05, 4.69) is 21.4 Å². The van der Waals surface area contributed by atoms with Crippen molar-refractivity contribution in [2.45, 2.75) is 0 Å². The van der Waals surface area contributed by atoms with Gasteiger partial charge in [0.25, 0.3) is 0 Å². The second-order valence-electron chi connectivity index (χ2n) is 5.62. The van der Waals surface area contributed by atoms with E-state index in [0.717, 1.165) is 33.2 Å². The molecule has 5 heteroatoms. The Hall–Kier alpha value is -3.34. The van der Waals surface area contributed by atoms with E-state index < -0.39 is 0 Å². The van der Waals surface area contributed by atoms with E-state index >= 15 is 0 Å². The number of anilines is 2. The summed E-state index contributed by atoms with van der Waals surface area (Å²) in [4.78, 5) is 8.78. The second kappa shape index (κ2) is 6.28. The van der Waals surface area contributed by atoms with E-state index in [-0.39, 0.29) is 0 Å². The zero-order chi connectivity index (χ0) is 17.2. The number of benzene rings is 2. The van der Waals surface area contributed by atoms with Crippen molar-refractivity contribution in [1.29, 1.82) is 0 Å². The topological polar surface area (TPSA) is 56.3 Å². The van der Waals surface area contributed by atoms with Crippen molar-refractivity contribution in [1.82, 2.24) is 9.97 Å². The molecule has 0 radical (unpaired) electrons. The normalized spacial score (nSPS) is 10.8. The van der Waals surface area contributed by atoms with Gasteiger partial charge in [-0.05, 0) is 36.4 Å². The highest BCUT2D eigenvalue weighted by Crippen LogP contribution is 2.35. The predicted octanol–water partition coefficient (Wildman–Crippen LogP) is 4.54. The van der Waals surface area contributed by atoms with Crippen molar-refractivity contribution >= 4 is 33.2 Å². The SMILES string of the molecule is COc1cc2nccc(Nc3ccc4ncccc4c3)c2cc1OC. The maximum Gasteiger partial charge on any atom is 0.162 e. The van der Waals surface area contributed by atoms with Crippen LogP contribution in [0, 0.1) is 0 Å². The molecule has 0 spiro atoms. The summed E-state index contributed by atoms with van der Waals surface area (Å²) in [7, 11) is 3.25. The van der Waals surface area contributed by atoms with Crippen molar-refractivity contribution in [2.75, 3.05) is 19.5 Å². The van der Waals surface area contributed by atoms with Crippen molar-refractivity contribution in [3.63, 3.8) is 0 Å². The second-order valence-corrected chi connectivity index (χ2v) is 5.62. The van der Waals surface area contributed by atoms with Crippen LogP contribution in [-0.2, 0) is 0 Å². The van der Waals surface area contributed by atoms with Gasteiger partial charge >= 0.3 is 0 Å². The number of rotatable bonds is 4. The van der Waals surface area contributed by atoms with Crippen LogP contribution in [0.25, 0.3) is 21.8 Å². The molecule has 1 N–H and O–H groups in total. The zero-order valence-electron chi connectivity index (χ0n) is 14.0. The summed E-state index contributed by atoms with van der Waals surface area (Å²) in [5, 5.41) is 5.52. The molecular formula is C20H17N3O2. The number of pyridine rings is 2. The third-order valence-corrected chi connectivity index (χ3v) is 4.13. The number of hydrogen-bond acceptors (Lipinski definition) is 5. The van der Waals surface area contributed by atoms with Gasteiger partial charge in [-0.1, -0.05) is 6.07 Å². The molecule has 124 valence electrons. The van der Waals surface area contributed by atoms with Gasteiger partial charge in [0.15, 0.2) is 11.5 Å². The summed E-state index contributed by atoms with van der Waals surface area (Å²) < 4.78 is 10.8. The van der Waals surface area contributed by atoms with Crippen LogP contribution in [0.2, 0.25) is 0 Å². The molecule has 0 fully saturated rings. The summed E-state index contributed by atoms with van der Waals surface area (Å²) in [6, 6.07) is 15.8. The fourth-order valence-corrected chi connectivity index (χ4v) is 2.89. The van der Waals surface area contributed by atoms with E-state index in [1.165, 1.54) is 0 Å². The summed E-state index contributed by atoms with van der Waals surface area (Å²) in [6.45, 7) is 0. The Kier molecular flexibility index (Phi) is 3.82. The summed E-state index contributed by atoms with van der Waals surface area (Å²) in [5.41, 5.74) is 3.75. The molecular weight excluding hydrogens is 314 g/mol. The first-order chi connectivity index (χ1) is 12.3. The van der Waals surface area contributed by atoms with Gasteiger partial charge in [-0.3, -0.25) is 9.97 Å². The first-order valence-electron chi connectivity index (χ1n) is 7.91. The molecule has 0 aliphatic rings. The molecule has 0 aliphatic carbocycles. The Bertz CT molecular complexity index is 1060. The van der Waals surface area contributed by atoms with E-state index in [4.69, 9.17) is 9.47 Å². The highest BCUT2D eigenvalue weighted by atomic mass is 16.5. The van der Waals surface area contributed by atoms with Crippen LogP contribution in [0.4, 0.5) is 11.4 Å². The third kappa shape index (κ3) is 2.80. The number of methoxy groups -OCH3 is 2. The molecule has 0 saturated heterocycles. The van der Waals surface area contributed by atoms with Crippen molar-refractivity contribution in [3.05, 3.63) is 60.9 Å². The molecule has 25 heavy (non-hydrogen) atoms. The Balaban J connectivity index is 1.79. The lowest BCUT2D eigenvalue weighted by atomic mass is 10.1. The molecule has 0 amide bonds. The highest BCUT2D eigenvalue weighted by molar-refractivity contribution is 5.95. The Morgan fingerprint density at radius 2 is 1.60 bits per heavy atom. The number of aromatic nitrogens is 2. The number of hydrogen-bond donors (Lipinski definition) is 1. The first-order valence-corrected chi connectivity index (χ1v) is 7.91. The molecule has 2 heterocycles. The fraction of sp³-hybridized carbons (Fsp3) is 0.100. The highest BCUT2D eigenvalue weighted by Gasteiger charge is 2.10. The van der Waals surface area contributed by atoms with Crippen LogP contribution in [-0.4, -0.2) is 24.2 Å². The average Bonchev–Trinajstić information content (AvgIpc) is 2.67. The standard InChI is InChI=1S/C20H17N3O2/c1-24-19-11-15-17(7-9-22-18(15)12-20(19)25-2)23-14-5-6-16-13(10-14)4-3-8-21-16/h3-12H,1-2H3,(H,22,23). The molecule has 5 nitrogen and oxygen atoms in total. The molecule has 0 bridgehead atoms. The molecule has 2 aromatic carbocycles. The molecule has 2 aromatic heterocycles. The molecule has 4 rings (SSSR count). The lowest BCUT2D eigenvalue weighted by Crippen LogP contribution is -1.95. The molecule has 0 unspecified atom stereocenters. The number of nitrogens with one attached hydrogen (secondary N) is 1. The largest absolute Gasteiger partial charge is 0.493 e. The van der Waals surface area contributed by atoms with Gasteiger partial charge in [-0.25, -0.2) is 0 Å². The van der Waals surface area contributed by atoms with Crippen LogP contribution in [0.15, 0.2) is 60.9 Å². The van der Waals surface area contributed by atoms with Gasteiger partial charge in [-0.15, -0.1) is 0 Å². The van der Waals surface area contributed by atoms with Gasteiger partial charge in [0.2, 0.25) is 0 Å². The maximum absolute atomic E-state index is 5.42. The zero-order valence-corrected chi connectivity index (χ0v) is 14.0. The molecule has 4 aromatic rings. The maximum atomic E-state index is 5.42. The van der Waals surface area contributed by atoms with Crippen LogP contribution >= 0.6 is 0 Å². The van der Waals surface area contributed by atoms with E-state index in [9.17, 15) is 0 Å². The van der Waals surface area contributed by atoms with Crippen LogP contribution in [0.1, 0.15) is 0 Å². The minimum absolute atomic E-state index is 0.663. The number of nitrogens with zero attached hydrogens (tertiary/aromatic N) is 2. The van der Waals surface area contributed by atoms with Gasteiger partial charge in [0, 0.05) is 40.6 Å². The minimum atomic E-state index is 0.663. The number of fused-ring (bicyclic) bond motifs is 2. The average molecular weight is 331 g/mol. The van der Waals surface area contributed by atoms with E-state index in [1.807, 2.05) is 42.5 Å². The van der Waals surface area contributed by atoms with Gasteiger partial charge in [-0.2, -0.15) is 0 Å². The Labute approximate surface area is 145 Å². The van der Waals surface area contributed by atoms with Crippen molar-refractivity contribution in [3.8, 4) is 11.5 Å². The third-order valence-electron chi connectivity index (χ3n) is 4.13. The monoisotopic (exact) mass is 331 g/mol. The summed E-state index contributed by atoms with van der Waals surface area (Å²) in [5.74, 6) is 1.34. The molecule has 0 aliphatic heterocycles. The Morgan fingerprint density at radius 1 is 0.800 bits per heavy atom. The fourth-order valence-electron chi connectivity index (χ4n) is 2.89. The number of ether oxygens (including phenoxy) is 2. The van der Waals surface area contributed by atoms with E-state index in [0.29, 0.717) is 11.5 Å². The lowest BCUT2D eigenvalue weighted by molar-refractivity contribution is 0.356. The van der Waals surface area contributed by atoms with Gasteiger partial charge < -0.3 is 14.8 Å². The predicted molar refractivity (Wildman–Crippen MR) is 99.9 cm³/mol. The van der Waals surface area contributed by atoms with Crippen LogP contribution in [0.3, 0.4) is 0 Å². The van der Waals surface area contributed by atoms with E-state index in [1.54, 1.807) is 26.6 Å². The smallest absolute Gasteiger partial charge is 0.162 e. The minimum Gasteiger partial charge on any atom is -0.493 e. The summed E-state index contributed by atoms with van der Waals surface area (Å²) >= 11 is 0.